The Hall–Kier alpha value is -0.240. The van der Waals surface area contributed by atoms with Gasteiger partial charge < -0.3 is 29.4 Å². The maximum absolute atomic E-state index is 12.6. The van der Waals surface area contributed by atoms with E-state index in [1.807, 2.05) is 0 Å². The van der Waals surface area contributed by atoms with Crippen molar-refractivity contribution in [3.05, 3.63) is 0 Å². The molecule has 0 amide bonds. The van der Waals surface area contributed by atoms with E-state index < -0.39 is 12.0 Å². The third-order valence-electron chi connectivity index (χ3n) is 5.95. The molecule has 2 heterocycles. The molecule has 23 heavy (non-hydrogen) atoms. The van der Waals surface area contributed by atoms with Crippen LogP contribution in [0.3, 0.4) is 0 Å². The molecule has 2 N–H and O–H groups in total. The quantitative estimate of drug-likeness (QED) is 0.361. The van der Waals surface area contributed by atoms with Gasteiger partial charge in [0, 0.05) is 0 Å². The summed E-state index contributed by atoms with van der Waals surface area (Å²) >= 11 is 0. The first kappa shape index (κ1) is 19.1. The monoisotopic (exact) mass is 330 g/mol. The number of aliphatic hydroxyl groups is 2. The molecule has 2 aliphatic rings. The summed E-state index contributed by atoms with van der Waals surface area (Å²) in [5, 5.41) is 44.7. The number of hydrogen-bond donors (Lipinski definition) is 2. The summed E-state index contributed by atoms with van der Waals surface area (Å²) < 4.78 is 0.746. The van der Waals surface area contributed by atoms with Crippen LogP contribution in [0.4, 0.5) is 0 Å². The number of likely N-dealkylation sites (tertiary alicyclic amines) is 2. The number of nitrogens with zero attached hydrogens (tertiary/aromatic N) is 2. The number of rotatable bonds is 6. The minimum Gasteiger partial charge on any atom is -0.817 e. The van der Waals surface area contributed by atoms with Crippen LogP contribution in [0.15, 0.2) is 0 Å². The van der Waals surface area contributed by atoms with E-state index in [1.54, 1.807) is 7.05 Å². The fraction of sp³-hybridized carbons (Fsp3) is 1.00. The maximum Gasteiger partial charge on any atom is 0.105 e. The van der Waals surface area contributed by atoms with E-state index in [0.717, 1.165) is 49.8 Å². The fourth-order valence-electron chi connectivity index (χ4n) is 4.35. The molecule has 0 aromatic carbocycles. The molecule has 0 bridgehead atoms. The van der Waals surface area contributed by atoms with Crippen molar-refractivity contribution < 1.29 is 29.4 Å². The topological polar surface area (TPSA) is 86.6 Å². The van der Waals surface area contributed by atoms with E-state index >= 15 is 0 Å². The van der Waals surface area contributed by atoms with Crippen molar-refractivity contribution >= 4 is 0 Å². The van der Waals surface area contributed by atoms with E-state index in [9.17, 15) is 20.4 Å². The van der Waals surface area contributed by atoms with E-state index in [2.05, 4.69) is 7.05 Å². The lowest BCUT2D eigenvalue weighted by Gasteiger charge is -2.63. The van der Waals surface area contributed by atoms with Gasteiger partial charge in [0.25, 0.3) is 0 Å². The second-order valence-corrected chi connectivity index (χ2v) is 8.31. The first-order valence-corrected chi connectivity index (χ1v) is 9.11. The van der Waals surface area contributed by atoms with Crippen molar-refractivity contribution in [2.45, 2.75) is 63.1 Å². The molecule has 0 aromatic rings. The Labute approximate surface area is 140 Å². The molecule has 2 aliphatic heterocycles. The number of likely N-dealkylation sites (N-methyl/N-ethyl adjacent to an activating group) is 2. The minimum absolute atomic E-state index is 0.0982. The van der Waals surface area contributed by atoms with Crippen molar-refractivity contribution in [1.82, 2.24) is 0 Å². The van der Waals surface area contributed by atoms with E-state index in [4.69, 9.17) is 0 Å². The molecule has 0 saturated carbocycles. The molecule has 4 unspecified atom stereocenters. The lowest BCUT2D eigenvalue weighted by atomic mass is 10.0. The fourth-order valence-corrected chi connectivity index (χ4v) is 4.35. The standard InChI is InChI=1S/C17H34N2O4/c1-18(11-5-7-15(20)13-18)10-4-3-9-17(22,23)19(2)12-6-8-16(21)14-19/h15-16,20-21H,3-14H2,1-2H3. The molecule has 6 heteroatoms. The molecule has 6 nitrogen and oxygen atoms in total. The van der Waals surface area contributed by atoms with Crippen molar-refractivity contribution in [3.63, 3.8) is 0 Å². The van der Waals surface area contributed by atoms with Crippen LogP contribution < -0.4 is 10.2 Å². The Morgan fingerprint density at radius 3 is 2.17 bits per heavy atom. The molecule has 4 atom stereocenters. The largest absolute Gasteiger partial charge is 0.817 e. The second kappa shape index (κ2) is 7.33. The maximum atomic E-state index is 12.6. The van der Waals surface area contributed by atoms with Crippen LogP contribution in [-0.2, 0) is 0 Å². The molecule has 0 aliphatic carbocycles. The third kappa shape index (κ3) is 4.87. The summed E-state index contributed by atoms with van der Waals surface area (Å²) in [7, 11) is 3.86. The molecule has 2 fully saturated rings. The molecule has 2 rings (SSSR count). The Kier molecular flexibility index (Phi) is 6.09. The first-order valence-electron chi connectivity index (χ1n) is 9.11. The van der Waals surface area contributed by atoms with Crippen LogP contribution in [0.2, 0.25) is 0 Å². The van der Waals surface area contributed by atoms with Gasteiger partial charge in [-0.3, -0.25) is 0 Å². The zero-order chi connectivity index (χ0) is 17.1. The van der Waals surface area contributed by atoms with Crippen LogP contribution >= 0.6 is 0 Å². The van der Waals surface area contributed by atoms with Gasteiger partial charge >= 0.3 is 0 Å². The van der Waals surface area contributed by atoms with Crippen LogP contribution in [0.25, 0.3) is 0 Å². The van der Waals surface area contributed by atoms with Gasteiger partial charge in [-0.15, -0.1) is 0 Å². The average molecular weight is 330 g/mol. The Bertz CT molecular complexity index is 393. The summed E-state index contributed by atoms with van der Waals surface area (Å²) in [5.74, 6) is -2.26. The van der Waals surface area contributed by atoms with Gasteiger partial charge in [0.2, 0.25) is 0 Å². The van der Waals surface area contributed by atoms with E-state index in [1.165, 1.54) is 0 Å². The zero-order valence-corrected chi connectivity index (χ0v) is 14.7. The normalized spacial score (nSPS) is 39.4. The van der Waals surface area contributed by atoms with Crippen molar-refractivity contribution in [2.75, 3.05) is 46.8 Å². The predicted molar refractivity (Wildman–Crippen MR) is 83.8 cm³/mol. The lowest BCUT2D eigenvalue weighted by molar-refractivity contribution is -1.12. The zero-order valence-electron chi connectivity index (χ0n) is 14.7. The smallest absolute Gasteiger partial charge is 0.105 e. The number of hydrogen-bond acceptors (Lipinski definition) is 4. The van der Waals surface area contributed by atoms with Crippen LogP contribution in [-0.4, -0.2) is 84.1 Å². The van der Waals surface area contributed by atoms with Gasteiger partial charge in [0.15, 0.2) is 0 Å². The molecule has 0 aromatic heterocycles. The lowest BCUT2D eigenvalue weighted by Crippen LogP contribution is -2.78. The number of aliphatic hydroxyl groups excluding tert-OH is 2. The summed E-state index contributed by atoms with van der Waals surface area (Å²) in [6.07, 6.45) is 4.21. The Balaban J connectivity index is 1.78. The molecule has 136 valence electrons. The predicted octanol–water partition coefficient (Wildman–Crippen LogP) is -1.27. The van der Waals surface area contributed by atoms with Crippen molar-refractivity contribution in [1.29, 1.82) is 0 Å². The molecule has 0 spiro atoms. The second-order valence-electron chi connectivity index (χ2n) is 8.31. The van der Waals surface area contributed by atoms with Crippen LogP contribution in [0.5, 0.6) is 0 Å². The molecular formula is C17H34N2O4. The first-order chi connectivity index (χ1) is 10.7. The molecule has 0 radical (unpaired) electrons. The van der Waals surface area contributed by atoms with Gasteiger partial charge in [-0.1, -0.05) is 0 Å². The summed E-state index contributed by atoms with van der Waals surface area (Å²) in [4.78, 5) is 0. The molecule has 2 saturated heterocycles. The van der Waals surface area contributed by atoms with Crippen LogP contribution in [0.1, 0.15) is 44.9 Å². The Morgan fingerprint density at radius 1 is 0.957 bits per heavy atom. The minimum atomic E-state index is -2.26. The Morgan fingerprint density at radius 2 is 1.57 bits per heavy atom. The summed E-state index contributed by atoms with van der Waals surface area (Å²) in [6.45, 7) is 3.62. The summed E-state index contributed by atoms with van der Waals surface area (Å²) in [6, 6.07) is 0. The van der Waals surface area contributed by atoms with Gasteiger partial charge in [0.1, 0.15) is 25.3 Å². The third-order valence-corrected chi connectivity index (χ3v) is 5.95. The van der Waals surface area contributed by atoms with Crippen LogP contribution in [0, 0.1) is 0 Å². The van der Waals surface area contributed by atoms with Gasteiger partial charge in [-0.05, 0) is 50.9 Å². The SMILES string of the molecule is C[N+]1(CCCCC([O-])([O-])[N+]2(C)CCCC(O)C2)CCCC(O)C1. The average Bonchev–Trinajstić information content (AvgIpc) is 2.43. The van der Waals surface area contributed by atoms with Gasteiger partial charge in [0.05, 0.1) is 33.7 Å². The van der Waals surface area contributed by atoms with Crippen molar-refractivity contribution in [3.8, 4) is 0 Å². The number of unbranched alkanes of at least 4 members (excludes halogenated alkanes) is 1. The van der Waals surface area contributed by atoms with Gasteiger partial charge in [-0.2, -0.15) is 0 Å². The van der Waals surface area contributed by atoms with Crippen molar-refractivity contribution in [2.24, 2.45) is 0 Å². The highest BCUT2D eigenvalue weighted by Crippen LogP contribution is 2.26. The highest BCUT2D eigenvalue weighted by atomic mass is 16.5. The highest BCUT2D eigenvalue weighted by molar-refractivity contribution is 4.65. The van der Waals surface area contributed by atoms with Gasteiger partial charge in [-0.25, -0.2) is 0 Å². The molecular weight excluding hydrogens is 296 g/mol. The summed E-state index contributed by atoms with van der Waals surface area (Å²) in [5.41, 5.74) is 0. The number of piperidine rings is 2. The van der Waals surface area contributed by atoms with E-state index in [-0.39, 0.29) is 23.6 Å². The van der Waals surface area contributed by atoms with E-state index in [0.29, 0.717) is 19.4 Å². The highest BCUT2D eigenvalue weighted by Gasteiger charge is 2.35. The number of quaternary nitrogens is 2.